The molecule has 4 rings (SSSR count). The lowest BCUT2D eigenvalue weighted by molar-refractivity contribution is -0.144. The Hall–Kier alpha value is -2.69. The van der Waals surface area contributed by atoms with E-state index in [1.165, 1.54) is 0 Å². The Bertz CT molecular complexity index is 782. The molecule has 1 N–H and O–H groups in total. The molecule has 2 aliphatic rings. The summed E-state index contributed by atoms with van der Waals surface area (Å²) in [6.45, 7) is 0. The first-order valence-corrected chi connectivity index (χ1v) is 7.73. The Morgan fingerprint density at radius 2 is 2.13 bits per heavy atom. The van der Waals surface area contributed by atoms with Gasteiger partial charge in [0.25, 0.3) is 0 Å². The van der Waals surface area contributed by atoms with Crippen molar-refractivity contribution in [1.29, 1.82) is 0 Å². The number of aromatic nitrogens is 1. The van der Waals surface area contributed by atoms with Crippen LogP contribution in [0.1, 0.15) is 30.4 Å². The molecule has 1 amide bonds. The van der Waals surface area contributed by atoms with Crippen molar-refractivity contribution in [2.45, 2.75) is 31.1 Å². The fourth-order valence-corrected chi connectivity index (χ4v) is 3.26. The molecule has 0 spiro atoms. The molecule has 1 saturated carbocycles. The molecule has 1 aromatic carbocycles. The highest BCUT2D eigenvalue weighted by Crippen LogP contribution is 2.44. The topological polar surface area (TPSA) is 68.3 Å². The summed E-state index contributed by atoms with van der Waals surface area (Å²) in [6.07, 6.45) is 6.34. The smallest absolute Gasteiger partial charge is 0.322 e. The molecule has 0 unspecified atom stereocenters. The largest absolute Gasteiger partial charge is 0.426 e. The van der Waals surface area contributed by atoms with Gasteiger partial charge in [-0.1, -0.05) is 12.5 Å². The standard InChI is InChI=1S/C18H16N2O3/c21-16-10-12-9-14(4-5-15(12)20-16)23-17(22)18(6-2-7-18)13-3-1-8-19-11-13/h1,3-5,8-9,11H,2,6-7,10H2,(H,20,21). The number of hydrogen-bond donors (Lipinski definition) is 1. The zero-order valence-corrected chi connectivity index (χ0v) is 12.5. The van der Waals surface area contributed by atoms with Crippen molar-refractivity contribution >= 4 is 17.6 Å². The first-order chi connectivity index (χ1) is 11.2. The van der Waals surface area contributed by atoms with Gasteiger partial charge in [-0.05, 0) is 48.2 Å². The number of ether oxygens (including phenoxy) is 1. The van der Waals surface area contributed by atoms with E-state index >= 15 is 0 Å². The molecular formula is C18H16N2O3. The van der Waals surface area contributed by atoms with Gasteiger partial charge in [-0.15, -0.1) is 0 Å². The molecule has 1 fully saturated rings. The number of hydrogen-bond acceptors (Lipinski definition) is 4. The van der Waals surface area contributed by atoms with E-state index in [9.17, 15) is 9.59 Å². The quantitative estimate of drug-likeness (QED) is 0.699. The highest BCUT2D eigenvalue weighted by Gasteiger charge is 2.47. The summed E-state index contributed by atoms with van der Waals surface area (Å²) < 4.78 is 5.63. The average molecular weight is 308 g/mol. The van der Waals surface area contributed by atoms with Crippen LogP contribution in [0.5, 0.6) is 5.75 Å². The minimum atomic E-state index is -0.582. The van der Waals surface area contributed by atoms with Gasteiger partial charge in [-0.2, -0.15) is 0 Å². The number of esters is 1. The molecule has 0 atom stereocenters. The highest BCUT2D eigenvalue weighted by molar-refractivity contribution is 5.99. The number of carbonyl (C=O) groups is 2. The summed E-state index contributed by atoms with van der Waals surface area (Å²) in [5, 5.41) is 2.77. The van der Waals surface area contributed by atoms with Crippen molar-refractivity contribution in [3.05, 3.63) is 53.9 Å². The van der Waals surface area contributed by atoms with E-state index in [0.29, 0.717) is 12.2 Å². The summed E-state index contributed by atoms with van der Waals surface area (Å²) in [4.78, 5) is 28.3. The molecule has 2 aromatic rings. The summed E-state index contributed by atoms with van der Waals surface area (Å²) in [7, 11) is 0. The number of amides is 1. The Labute approximate surface area is 133 Å². The lowest BCUT2D eigenvalue weighted by Crippen LogP contribution is -2.45. The van der Waals surface area contributed by atoms with Crippen LogP contribution in [0.25, 0.3) is 0 Å². The van der Waals surface area contributed by atoms with Crippen LogP contribution in [0, 0.1) is 0 Å². The van der Waals surface area contributed by atoms with E-state index in [0.717, 1.165) is 36.1 Å². The van der Waals surface area contributed by atoms with Gasteiger partial charge in [0.15, 0.2) is 0 Å². The van der Waals surface area contributed by atoms with Crippen molar-refractivity contribution in [3.8, 4) is 5.75 Å². The summed E-state index contributed by atoms with van der Waals surface area (Å²) in [6, 6.07) is 9.03. The van der Waals surface area contributed by atoms with Crippen molar-refractivity contribution < 1.29 is 14.3 Å². The SMILES string of the molecule is O=C1Cc2cc(OC(=O)C3(c4cccnc4)CCC3)ccc2N1. The van der Waals surface area contributed by atoms with Gasteiger partial charge in [0.1, 0.15) is 5.75 Å². The first kappa shape index (κ1) is 13.9. The van der Waals surface area contributed by atoms with Gasteiger partial charge >= 0.3 is 5.97 Å². The van der Waals surface area contributed by atoms with Crippen molar-refractivity contribution in [2.75, 3.05) is 5.32 Å². The maximum absolute atomic E-state index is 12.7. The molecule has 1 aromatic heterocycles. The number of nitrogens with one attached hydrogen (secondary N) is 1. The maximum atomic E-state index is 12.7. The number of nitrogens with zero attached hydrogens (tertiary/aromatic N) is 1. The Morgan fingerprint density at radius 3 is 2.83 bits per heavy atom. The number of fused-ring (bicyclic) bond motifs is 1. The van der Waals surface area contributed by atoms with Crippen LogP contribution in [0.15, 0.2) is 42.7 Å². The molecule has 5 heteroatoms. The summed E-state index contributed by atoms with van der Waals surface area (Å²) in [5.74, 6) is 0.212. The zero-order chi connectivity index (χ0) is 15.9. The van der Waals surface area contributed by atoms with E-state index in [1.807, 2.05) is 12.1 Å². The van der Waals surface area contributed by atoms with Crippen LogP contribution in [-0.4, -0.2) is 16.9 Å². The van der Waals surface area contributed by atoms with Crippen molar-refractivity contribution in [1.82, 2.24) is 4.98 Å². The lowest BCUT2D eigenvalue weighted by Gasteiger charge is -2.39. The van der Waals surface area contributed by atoms with Crippen molar-refractivity contribution in [3.63, 3.8) is 0 Å². The number of carbonyl (C=O) groups excluding carboxylic acids is 2. The van der Waals surface area contributed by atoms with Crippen LogP contribution in [0.2, 0.25) is 0 Å². The Balaban J connectivity index is 1.58. The average Bonchev–Trinajstić information content (AvgIpc) is 2.86. The fourth-order valence-electron chi connectivity index (χ4n) is 3.26. The second-order valence-corrected chi connectivity index (χ2v) is 6.11. The van der Waals surface area contributed by atoms with E-state index in [2.05, 4.69) is 10.3 Å². The van der Waals surface area contributed by atoms with E-state index < -0.39 is 5.41 Å². The lowest BCUT2D eigenvalue weighted by atomic mass is 9.65. The predicted octanol–water partition coefficient (Wildman–Crippen LogP) is 2.60. The van der Waals surface area contributed by atoms with E-state index in [-0.39, 0.29) is 11.9 Å². The zero-order valence-electron chi connectivity index (χ0n) is 12.5. The number of rotatable bonds is 3. The van der Waals surface area contributed by atoms with Gasteiger partial charge in [0.2, 0.25) is 5.91 Å². The minimum Gasteiger partial charge on any atom is -0.426 e. The van der Waals surface area contributed by atoms with Crippen molar-refractivity contribution in [2.24, 2.45) is 0 Å². The normalized spacial score (nSPS) is 17.8. The Morgan fingerprint density at radius 1 is 1.26 bits per heavy atom. The second kappa shape index (κ2) is 5.19. The molecule has 116 valence electrons. The number of anilines is 1. The molecule has 0 bridgehead atoms. The summed E-state index contributed by atoms with van der Waals surface area (Å²) in [5.41, 5.74) is 1.99. The molecule has 0 radical (unpaired) electrons. The molecule has 23 heavy (non-hydrogen) atoms. The van der Waals surface area contributed by atoms with E-state index in [4.69, 9.17) is 4.74 Å². The monoisotopic (exact) mass is 308 g/mol. The van der Waals surface area contributed by atoms with Gasteiger partial charge in [-0.3, -0.25) is 14.6 Å². The van der Waals surface area contributed by atoms with Crippen LogP contribution in [0.4, 0.5) is 5.69 Å². The van der Waals surface area contributed by atoms with Gasteiger partial charge < -0.3 is 10.1 Å². The van der Waals surface area contributed by atoms with Crippen LogP contribution in [0.3, 0.4) is 0 Å². The van der Waals surface area contributed by atoms with Crippen LogP contribution >= 0.6 is 0 Å². The molecule has 1 aliphatic heterocycles. The summed E-state index contributed by atoms with van der Waals surface area (Å²) >= 11 is 0. The molecule has 5 nitrogen and oxygen atoms in total. The third-order valence-electron chi connectivity index (χ3n) is 4.72. The first-order valence-electron chi connectivity index (χ1n) is 7.73. The maximum Gasteiger partial charge on any atom is 0.322 e. The van der Waals surface area contributed by atoms with Gasteiger partial charge in [-0.25, -0.2) is 0 Å². The third-order valence-corrected chi connectivity index (χ3v) is 4.72. The molecule has 1 aliphatic carbocycles. The van der Waals surface area contributed by atoms with Gasteiger partial charge in [0.05, 0.1) is 11.8 Å². The van der Waals surface area contributed by atoms with E-state index in [1.54, 1.807) is 30.6 Å². The van der Waals surface area contributed by atoms with Gasteiger partial charge in [0, 0.05) is 18.1 Å². The third kappa shape index (κ3) is 2.29. The highest BCUT2D eigenvalue weighted by atomic mass is 16.5. The fraction of sp³-hybridized carbons (Fsp3) is 0.278. The van der Waals surface area contributed by atoms with Crippen LogP contribution in [-0.2, 0) is 21.4 Å². The Kier molecular flexibility index (Phi) is 3.15. The molecule has 2 heterocycles. The van der Waals surface area contributed by atoms with Crippen LogP contribution < -0.4 is 10.1 Å². The molecule has 0 saturated heterocycles. The minimum absolute atomic E-state index is 0.0331. The number of benzene rings is 1. The second-order valence-electron chi connectivity index (χ2n) is 6.11. The molecular weight excluding hydrogens is 292 g/mol. The predicted molar refractivity (Wildman–Crippen MR) is 84.2 cm³/mol. The number of pyridine rings is 1.